The third-order valence-corrected chi connectivity index (χ3v) is 1.47. The molecule has 0 aromatic carbocycles. The summed E-state index contributed by atoms with van der Waals surface area (Å²) in [6.07, 6.45) is 3.06. The summed E-state index contributed by atoms with van der Waals surface area (Å²) in [4.78, 5) is 24.1. The van der Waals surface area contributed by atoms with Crippen molar-refractivity contribution in [2.45, 2.75) is 25.8 Å². The Morgan fingerprint density at radius 2 is 2.31 bits per heavy atom. The second-order valence-corrected chi connectivity index (χ2v) is 3.14. The quantitative estimate of drug-likeness (QED) is 0.279. The number of esters is 1. The van der Waals surface area contributed by atoms with E-state index in [0.717, 1.165) is 6.08 Å². The molecule has 4 heteroatoms. The van der Waals surface area contributed by atoms with Crippen molar-refractivity contribution in [2.24, 2.45) is 4.99 Å². The third-order valence-electron chi connectivity index (χ3n) is 1.47. The normalized spacial score (nSPS) is 10.0. The van der Waals surface area contributed by atoms with Crippen molar-refractivity contribution >= 4 is 12.0 Å². The number of hydrogen-bond acceptors (Lipinski definition) is 4. The molecule has 0 aromatic rings. The average molecular weight is 183 g/mol. The molecule has 0 saturated carbocycles. The summed E-state index contributed by atoms with van der Waals surface area (Å²) in [6.45, 7) is 7.00. The van der Waals surface area contributed by atoms with E-state index >= 15 is 0 Å². The van der Waals surface area contributed by atoms with E-state index in [9.17, 15) is 9.59 Å². The van der Waals surface area contributed by atoms with Crippen LogP contribution in [0.25, 0.3) is 0 Å². The zero-order valence-corrected chi connectivity index (χ0v) is 7.87. The van der Waals surface area contributed by atoms with Crippen molar-refractivity contribution in [1.29, 1.82) is 0 Å². The molecule has 0 rings (SSSR count). The van der Waals surface area contributed by atoms with Gasteiger partial charge in [-0.2, -0.15) is 4.99 Å². The van der Waals surface area contributed by atoms with Gasteiger partial charge in [0.05, 0.1) is 12.1 Å². The summed E-state index contributed by atoms with van der Waals surface area (Å²) >= 11 is 0. The first-order valence-corrected chi connectivity index (χ1v) is 3.90. The Bertz CT molecular complexity index is 239. The molecule has 4 nitrogen and oxygen atoms in total. The van der Waals surface area contributed by atoms with Crippen molar-refractivity contribution in [2.75, 3.05) is 6.61 Å². The van der Waals surface area contributed by atoms with Gasteiger partial charge in [0.2, 0.25) is 6.08 Å². The highest BCUT2D eigenvalue weighted by Gasteiger charge is 2.16. The maximum Gasteiger partial charge on any atom is 0.330 e. The van der Waals surface area contributed by atoms with Crippen molar-refractivity contribution in [3.8, 4) is 0 Å². The van der Waals surface area contributed by atoms with Crippen LogP contribution >= 0.6 is 0 Å². The molecule has 0 aromatic heterocycles. The fourth-order valence-electron chi connectivity index (χ4n) is 0.640. The molecule has 0 bridgehead atoms. The number of hydrogen-bond donors (Lipinski definition) is 0. The molecule has 0 atom stereocenters. The van der Waals surface area contributed by atoms with Gasteiger partial charge in [-0.3, -0.25) is 0 Å². The van der Waals surface area contributed by atoms with Crippen LogP contribution in [0, 0.1) is 0 Å². The van der Waals surface area contributed by atoms with Gasteiger partial charge in [0.25, 0.3) is 0 Å². The Hall–Kier alpha value is -1.41. The van der Waals surface area contributed by atoms with Crippen molar-refractivity contribution in [3.05, 3.63) is 12.7 Å². The van der Waals surface area contributed by atoms with E-state index in [1.165, 1.54) is 6.08 Å². The van der Waals surface area contributed by atoms with Crippen molar-refractivity contribution in [1.82, 2.24) is 0 Å². The fourth-order valence-corrected chi connectivity index (χ4v) is 0.640. The predicted molar refractivity (Wildman–Crippen MR) is 48.0 cm³/mol. The highest BCUT2D eigenvalue weighted by Crippen LogP contribution is 2.12. The van der Waals surface area contributed by atoms with Crippen LogP contribution in [0.2, 0.25) is 0 Å². The summed E-state index contributed by atoms with van der Waals surface area (Å²) in [6, 6.07) is 0. The Morgan fingerprint density at radius 3 is 2.77 bits per heavy atom. The summed E-state index contributed by atoms with van der Waals surface area (Å²) in [5.74, 6) is -0.467. The maximum atomic E-state index is 10.6. The summed E-state index contributed by atoms with van der Waals surface area (Å²) in [7, 11) is 0. The Labute approximate surface area is 77.3 Å². The molecule has 0 radical (unpaired) electrons. The first-order valence-electron chi connectivity index (χ1n) is 3.90. The SMILES string of the molecule is C=CC(=O)OCCC(C)(C)N=C=O. The summed E-state index contributed by atoms with van der Waals surface area (Å²) in [5, 5.41) is 0. The molecular weight excluding hydrogens is 170 g/mol. The number of rotatable bonds is 5. The lowest BCUT2D eigenvalue weighted by atomic mass is 10.0. The Morgan fingerprint density at radius 1 is 1.69 bits per heavy atom. The molecule has 0 amide bonds. The largest absolute Gasteiger partial charge is 0.462 e. The molecule has 0 aliphatic heterocycles. The Kier molecular flexibility index (Phi) is 4.70. The molecule has 0 heterocycles. The summed E-state index contributed by atoms with van der Waals surface area (Å²) < 4.78 is 4.73. The minimum atomic E-state index is -0.525. The zero-order valence-electron chi connectivity index (χ0n) is 7.87. The van der Waals surface area contributed by atoms with Crippen LogP contribution in [0.3, 0.4) is 0 Å². The maximum absolute atomic E-state index is 10.6. The number of aliphatic imine (C=N–C) groups is 1. The van der Waals surface area contributed by atoms with Crippen LogP contribution in [-0.2, 0) is 14.3 Å². The first kappa shape index (κ1) is 11.6. The molecular formula is C9H13NO3. The smallest absolute Gasteiger partial charge is 0.330 e. The van der Waals surface area contributed by atoms with E-state index < -0.39 is 11.5 Å². The predicted octanol–water partition coefficient (Wildman–Crippen LogP) is 1.22. The van der Waals surface area contributed by atoms with E-state index in [2.05, 4.69) is 11.6 Å². The number of carbonyl (C=O) groups is 1. The second kappa shape index (κ2) is 5.27. The van der Waals surface area contributed by atoms with E-state index in [-0.39, 0.29) is 6.61 Å². The van der Waals surface area contributed by atoms with Gasteiger partial charge in [-0.1, -0.05) is 6.58 Å². The Balaban J connectivity index is 3.81. The highest BCUT2D eigenvalue weighted by atomic mass is 16.5. The molecule has 0 unspecified atom stereocenters. The molecule has 0 aliphatic carbocycles. The molecule has 72 valence electrons. The van der Waals surface area contributed by atoms with Gasteiger partial charge >= 0.3 is 5.97 Å². The van der Waals surface area contributed by atoms with E-state index in [0.29, 0.717) is 6.42 Å². The standard InChI is InChI=1S/C9H13NO3/c1-4-8(12)13-6-5-9(2,3)10-7-11/h4H,1,5-6H2,2-3H3. The van der Waals surface area contributed by atoms with Crippen LogP contribution in [-0.4, -0.2) is 24.2 Å². The second-order valence-electron chi connectivity index (χ2n) is 3.14. The topological polar surface area (TPSA) is 55.7 Å². The van der Waals surface area contributed by atoms with Crippen molar-refractivity contribution in [3.63, 3.8) is 0 Å². The molecule has 13 heavy (non-hydrogen) atoms. The lowest BCUT2D eigenvalue weighted by Gasteiger charge is -2.16. The van der Waals surface area contributed by atoms with Crippen LogP contribution in [0.4, 0.5) is 0 Å². The van der Waals surface area contributed by atoms with Gasteiger partial charge in [0.1, 0.15) is 0 Å². The van der Waals surface area contributed by atoms with Gasteiger partial charge in [-0.15, -0.1) is 0 Å². The van der Waals surface area contributed by atoms with Gasteiger partial charge in [0.15, 0.2) is 0 Å². The zero-order chi connectivity index (χ0) is 10.3. The van der Waals surface area contributed by atoms with Gasteiger partial charge in [-0.25, -0.2) is 9.59 Å². The first-order chi connectivity index (χ1) is 6.02. The molecule has 0 fully saturated rings. The van der Waals surface area contributed by atoms with Crippen LogP contribution < -0.4 is 0 Å². The molecule has 0 aliphatic rings. The molecule has 0 N–H and O–H groups in total. The van der Waals surface area contributed by atoms with Gasteiger partial charge in [0, 0.05) is 12.5 Å². The fraction of sp³-hybridized carbons (Fsp3) is 0.556. The number of ether oxygens (including phenoxy) is 1. The van der Waals surface area contributed by atoms with E-state index in [4.69, 9.17) is 4.74 Å². The molecule has 0 saturated heterocycles. The van der Waals surface area contributed by atoms with Crippen LogP contribution in [0.5, 0.6) is 0 Å². The van der Waals surface area contributed by atoms with E-state index in [1.807, 2.05) is 0 Å². The lowest BCUT2D eigenvalue weighted by Crippen LogP contribution is -2.20. The lowest BCUT2D eigenvalue weighted by molar-refractivity contribution is -0.138. The van der Waals surface area contributed by atoms with Crippen LogP contribution in [0.1, 0.15) is 20.3 Å². The van der Waals surface area contributed by atoms with E-state index in [1.54, 1.807) is 13.8 Å². The van der Waals surface area contributed by atoms with Gasteiger partial charge in [-0.05, 0) is 13.8 Å². The number of isocyanates is 1. The molecule has 0 spiro atoms. The average Bonchev–Trinajstić information content (AvgIpc) is 2.03. The van der Waals surface area contributed by atoms with Gasteiger partial charge < -0.3 is 4.74 Å². The number of nitrogens with zero attached hydrogens (tertiary/aromatic N) is 1. The third kappa shape index (κ3) is 5.82. The van der Waals surface area contributed by atoms with Crippen molar-refractivity contribution < 1.29 is 14.3 Å². The minimum Gasteiger partial charge on any atom is -0.462 e. The monoisotopic (exact) mass is 183 g/mol. The summed E-state index contributed by atoms with van der Waals surface area (Å²) in [5.41, 5.74) is -0.525. The minimum absolute atomic E-state index is 0.225. The number of carbonyl (C=O) groups excluding carboxylic acids is 2. The van der Waals surface area contributed by atoms with Crippen LogP contribution in [0.15, 0.2) is 17.6 Å². The highest BCUT2D eigenvalue weighted by molar-refractivity contribution is 5.81.